The highest BCUT2D eigenvalue weighted by Gasteiger charge is 2.30. The molecule has 0 atom stereocenters. The van der Waals surface area contributed by atoms with E-state index in [0.29, 0.717) is 0 Å². The Hall–Kier alpha value is -2.77. The second kappa shape index (κ2) is 4.84. The molecular weight excluding hydrogens is 254 g/mol. The molecule has 0 aliphatic carbocycles. The van der Waals surface area contributed by atoms with Gasteiger partial charge in [-0.05, 0) is 6.07 Å². The Morgan fingerprint density at radius 3 is 2.37 bits per heavy atom. The average molecular weight is 263 g/mol. The van der Waals surface area contributed by atoms with E-state index in [1.165, 1.54) is 24.3 Å². The number of hydrogen-bond acceptors (Lipinski definition) is 5. The van der Waals surface area contributed by atoms with Crippen LogP contribution >= 0.6 is 0 Å². The zero-order valence-corrected chi connectivity index (χ0v) is 9.66. The largest absolute Gasteiger partial charge is 0.320 e. The molecule has 1 N–H and O–H groups in total. The Bertz CT molecular complexity index is 567. The van der Waals surface area contributed by atoms with Crippen molar-refractivity contribution in [1.29, 1.82) is 0 Å². The predicted octanol–water partition coefficient (Wildman–Crippen LogP) is -0.307. The number of amides is 3. The molecule has 0 saturated carbocycles. The lowest BCUT2D eigenvalue weighted by Gasteiger charge is -2.25. The third kappa shape index (κ3) is 2.57. The van der Waals surface area contributed by atoms with Gasteiger partial charge >= 0.3 is 0 Å². The van der Waals surface area contributed by atoms with Crippen LogP contribution in [0.5, 0.6) is 0 Å². The summed E-state index contributed by atoms with van der Waals surface area (Å²) in [4.78, 5) is 45.6. The standard InChI is InChI=1S/C11H9N3O5/c15-9-5-13(6-10(16)12-9)11(17)7-3-1-2-4-8(7)14(18)19/h1-4H,5-6H2,(H,12,15,16). The van der Waals surface area contributed by atoms with Crippen LogP contribution in [0, 0.1) is 10.1 Å². The maximum absolute atomic E-state index is 12.1. The summed E-state index contributed by atoms with van der Waals surface area (Å²) < 4.78 is 0. The van der Waals surface area contributed by atoms with Crippen molar-refractivity contribution in [1.82, 2.24) is 10.2 Å². The number of nitro benzene ring substituents is 1. The minimum Gasteiger partial charge on any atom is -0.320 e. The van der Waals surface area contributed by atoms with Crippen molar-refractivity contribution in [3.63, 3.8) is 0 Å². The minimum atomic E-state index is -0.712. The highest BCUT2D eigenvalue weighted by atomic mass is 16.6. The molecule has 1 aromatic rings. The number of nitro groups is 1. The summed E-state index contributed by atoms with van der Waals surface area (Å²) in [5, 5.41) is 12.9. The van der Waals surface area contributed by atoms with Crippen molar-refractivity contribution in [2.45, 2.75) is 0 Å². The van der Waals surface area contributed by atoms with Crippen molar-refractivity contribution in [3.05, 3.63) is 39.9 Å². The second-order valence-corrected chi connectivity index (χ2v) is 3.91. The van der Waals surface area contributed by atoms with Crippen LogP contribution in [0.15, 0.2) is 24.3 Å². The van der Waals surface area contributed by atoms with Gasteiger partial charge in [0.2, 0.25) is 11.8 Å². The number of benzene rings is 1. The maximum Gasteiger partial charge on any atom is 0.282 e. The molecule has 1 aromatic carbocycles. The molecule has 1 fully saturated rings. The molecule has 2 rings (SSSR count). The molecule has 0 unspecified atom stereocenters. The van der Waals surface area contributed by atoms with Crippen LogP contribution in [-0.2, 0) is 9.59 Å². The van der Waals surface area contributed by atoms with Crippen LogP contribution in [0.4, 0.5) is 5.69 Å². The van der Waals surface area contributed by atoms with Crippen molar-refractivity contribution in [2.24, 2.45) is 0 Å². The van der Waals surface area contributed by atoms with Gasteiger partial charge in [-0.3, -0.25) is 29.8 Å². The van der Waals surface area contributed by atoms with Crippen LogP contribution in [0.1, 0.15) is 10.4 Å². The number of hydrogen-bond donors (Lipinski definition) is 1. The van der Waals surface area contributed by atoms with Crippen LogP contribution in [-0.4, -0.2) is 40.6 Å². The molecule has 0 radical (unpaired) electrons. The first-order valence-corrected chi connectivity index (χ1v) is 5.34. The summed E-state index contributed by atoms with van der Waals surface area (Å²) in [5.74, 6) is -1.93. The van der Waals surface area contributed by atoms with Gasteiger partial charge in [0.05, 0.1) is 4.92 Å². The summed E-state index contributed by atoms with van der Waals surface area (Å²) in [6.45, 7) is -0.590. The van der Waals surface area contributed by atoms with Crippen molar-refractivity contribution >= 4 is 23.4 Å². The molecule has 1 aliphatic heterocycles. The fourth-order valence-electron chi connectivity index (χ4n) is 1.76. The normalized spacial score (nSPS) is 15.1. The SMILES string of the molecule is O=C1CN(C(=O)c2ccccc2[N+](=O)[O-])CC(=O)N1. The molecule has 0 spiro atoms. The molecule has 98 valence electrons. The summed E-state index contributed by atoms with van der Waals surface area (Å²) in [6, 6.07) is 5.39. The quantitative estimate of drug-likeness (QED) is 0.447. The van der Waals surface area contributed by atoms with E-state index in [9.17, 15) is 24.5 Å². The van der Waals surface area contributed by atoms with E-state index in [1.807, 2.05) is 5.32 Å². The molecule has 19 heavy (non-hydrogen) atoms. The molecule has 8 heteroatoms. The van der Waals surface area contributed by atoms with Gasteiger partial charge in [0.15, 0.2) is 0 Å². The number of nitrogens with zero attached hydrogens (tertiary/aromatic N) is 2. The molecular formula is C11H9N3O5. The molecule has 0 aromatic heterocycles. The third-order valence-electron chi connectivity index (χ3n) is 2.57. The molecule has 8 nitrogen and oxygen atoms in total. The average Bonchev–Trinajstić information content (AvgIpc) is 2.36. The topological polar surface area (TPSA) is 110 Å². The first-order chi connectivity index (χ1) is 8.99. The minimum absolute atomic E-state index is 0.144. The van der Waals surface area contributed by atoms with E-state index >= 15 is 0 Å². The summed E-state index contributed by atoms with van der Waals surface area (Å²) >= 11 is 0. The van der Waals surface area contributed by atoms with E-state index in [0.717, 1.165) is 4.90 Å². The number of carbonyl (C=O) groups excluding carboxylic acids is 3. The Morgan fingerprint density at radius 2 is 1.79 bits per heavy atom. The maximum atomic E-state index is 12.1. The first-order valence-electron chi connectivity index (χ1n) is 5.34. The lowest BCUT2D eigenvalue weighted by molar-refractivity contribution is -0.385. The highest BCUT2D eigenvalue weighted by Crippen LogP contribution is 2.19. The van der Waals surface area contributed by atoms with E-state index in [2.05, 4.69) is 0 Å². The van der Waals surface area contributed by atoms with Gasteiger partial charge in [0.25, 0.3) is 11.6 Å². The molecule has 1 saturated heterocycles. The van der Waals surface area contributed by atoms with Crippen LogP contribution in [0.2, 0.25) is 0 Å². The van der Waals surface area contributed by atoms with E-state index < -0.39 is 22.6 Å². The van der Waals surface area contributed by atoms with Crippen molar-refractivity contribution < 1.29 is 19.3 Å². The van der Waals surface area contributed by atoms with Crippen molar-refractivity contribution in [2.75, 3.05) is 13.1 Å². The zero-order valence-electron chi connectivity index (χ0n) is 9.66. The zero-order chi connectivity index (χ0) is 14.0. The van der Waals surface area contributed by atoms with Gasteiger partial charge in [-0.25, -0.2) is 0 Å². The van der Waals surface area contributed by atoms with Crippen LogP contribution < -0.4 is 5.32 Å². The van der Waals surface area contributed by atoms with Gasteiger partial charge in [-0.2, -0.15) is 0 Å². The number of para-hydroxylation sites is 1. The lowest BCUT2D eigenvalue weighted by atomic mass is 10.1. The van der Waals surface area contributed by atoms with Gasteiger partial charge in [-0.15, -0.1) is 0 Å². The monoisotopic (exact) mass is 263 g/mol. The lowest BCUT2D eigenvalue weighted by Crippen LogP contribution is -2.53. The Balaban J connectivity index is 2.32. The van der Waals surface area contributed by atoms with Crippen LogP contribution in [0.3, 0.4) is 0 Å². The van der Waals surface area contributed by atoms with Gasteiger partial charge in [0.1, 0.15) is 18.7 Å². The number of rotatable bonds is 2. The van der Waals surface area contributed by atoms with E-state index in [-0.39, 0.29) is 24.3 Å². The first kappa shape index (κ1) is 12.7. The Morgan fingerprint density at radius 1 is 1.21 bits per heavy atom. The van der Waals surface area contributed by atoms with Crippen LogP contribution in [0.25, 0.3) is 0 Å². The number of piperazine rings is 1. The van der Waals surface area contributed by atoms with Crippen molar-refractivity contribution in [3.8, 4) is 0 Å². The number of nitrogens with one attached hydrogen (secondary N) is 1. The Kier molecular flexibility index (Phi) is 3.23. The van der Waals surface area contributed by atoms with Gasteiger partial charge in [-0.1, -0.05) is 12.1 Å². The number of carbonyl (C=O) groups is 3. The fraction of sp³-hybridized carbons (Fsp3) is 0.182. The number of imide groups is 1. The molecule has 1 heterocycles. The smallest absolute Gasteiger partial charge is 0.282 e. The predicted molar refractivity (Wildman–Crippen MR) is 62.1 cm³/mol. The second-order valence-electron chi connectivity index (χ2n) is 3.91. The molecule has 3 amide bonds. The van der Waals surface area contributed by atoms with Gasteiger partial charge in [0, 0.05) is 6.07 Å². The van der Waals surface area contributed by atoms with E-state index in [1.54, 1.807) is 0 Å². The van der Waals surface area contributed by atoms with E-state index in [4.69, 9.17) is 0 Å². The highest BCUT2D eigenvalue weighted by molar-refractivity contribution is 6.06. The molecule has 1 aliphatic rings. The summed E-state index contributed by atoms with van der Waals surface area (Å²) in [6.07, 6.45) is 0. The Labute approximate surface area is 107 Å². The summed E-state index contributed by atoms with van der Waals surface area (Å²) in [7, 11) is 0. The molecule has 0 bridgehead atoms. The fourth-order valence-corrected chi connectivity index (χ4v) is 1.76. The third-order valence-corrected chi connectivity index (χ3v) is 2.57. The van der Waals surface area contributed by atoms with Gasteiger partial charge < -0.3 is 4.90 Å². The summed E-state index contributed by atoms with van der Waals surface area (Å²) in [5.41, 5.74) is -0.499.